The van der Waals surface area contributed by atoms with Gasteiger partial charge in [-0.25, -0.2) is 0 Å². The van der Waals surface area contributed by atoms with Gasteiger partial charge >= 0.3 is 0 Å². The maximum absolute atomic E-state index is 12.6. The van der Waals surface area contributed by atoms with Crippen LogP contribution in [0.4, 0.5) is 0 Å². The Kier molecular flexibility index (Phi) is 5.18. The van der Waals surface area contributed by atoms with Crippen molar-refractivity contribution >= 4 is 22.6 Å². The number of nitrogens with zero attached hydrogens (tertiary/aromatic N) is 1. The highest BCUT2D eigenvalue weighted by molar-refractivity contribution is 7.85. The predicted molar refractivity (Wildman–Crippen MR) is 78.7 cm³/mol. The highest BCUT2D eigenvalue weighted by Crippen LogP contribution is 2.24. The summed E-state index contributed by atoms with van der Waals surface area (Å²) < 4.78 is 11.5. The average Bonchev–Trinajstić information content (AvgIpc) is 2.43. The zero-order chi connectivity index (χ0) is 14.7. The first-order valence-corrected chi connectivity index (χ1v) is 9.04. The van der Waals surface area contributed by atoms with Crippen LogP contribution >= 0.6 is 0 Å². The summed E-state index contributed by atoms with van der Waals surface area (Å²) in [5, 5.41) is 2.86. The molecule has 0 bridgehead atoms. The molecule has 0 aliphatic carbocycles. The van der Waals surface area contributed by atoms with Gasteiger partial charge < -0.3 is 10.2 Å². The molecular weight excluding hydrogens is 276 g/mol. The van der Waals surface area contributed by atoms with E-state index in [0.29, 0.717) is 24.3 Å². The highest BCUT2D eigenvalue weighted by Gasteiger charge is 2.43. The first kappa shape index (κ1) is 15.5. The Morgan fingerprint density at radius 1 is 1.25 bits per heavy atom. The summed E-state index contributed by atoms with van der Waals surface area (Å²) in [7, 11) is -0.749. The number of nitrogens with one attached hydrogen (secondary N) is 1. The summed E-state index contributed by atoms with van der Waals surface area (Å²) >= 11 is 0. The van der Waals surface area contributed by atoms with Crippen molar-refractivity contribution in [2.45, 2.75) is 64.1 Å². The molecular formula is C14H24N2O3S. The molecule has 2 rings (SSSR count). The van der Waals surface area contributed by atoms with Crippen LogP contribution in [-0.4, -0.2) is 50.6 Å². The summed E-state index contributed by atoms with van der Waals surface area (Å²) in [6.07, 6.45) is 3.70. The van der Waals surface area contributed by atoms with Gasteiger partial charge in [0.15, 0.2) is 0 Å². The molecule has 6 heteroatoms. The fourth-order valence-electron chi connectivity index (χ4n) is 3.15. The van der Waals surface area contributed by atoms with Gasteiger partial charge in [0.25, 0.3) is 0 Å². The minimum Gasteiger partial charge on any atom is -0.343 e. The van der Waals surface area contributed by atoms with Crippen LogP contribution in [0.25, 0.3) is 0 Å². The molecule has 0 aromatic heterocycles. The second-order valence-electron chi connectivity index (χ2n) is 5.60. The van der Waals surface area contributed by atoms with E-state index in [1.165, 1.54) is 0 Å². The van der Waals surface area contributed by atoms with Crippen LogP contribution in [-0.2, 0) is 20.4 Å². The molecule has 2 aliphatic rings. The van der Waals surface area contributed by atoms with E-state index in [9.17, 15) is 13.8 Å². The lowest BCUT2D eigenvalue weighted by Gasteiger charge is -2.44. The monoisotopic (exact) mass is 300 g/mol. The molecule has 0 saturated carbocycles. The van der Waals surface area contributed by atoms with Gasteiger partial charge in [0.05, 0.1) is 0 Å². The van der Waals surface area contributed by atoms with E-state index in [1.807, 2.05) is 13.8 Å². The van der Waals surface area contributed by atoms with Crippen molar-refractivity contribution in [3.8, 4) is 0 Å². The average molecular weight is 300 g/mol. The topological polar surface area (TPSA) is 66.5 Å². The van der Waals surface area contributed by atoms with E-state index in [4.69, 9.17) is 0 Å². The number of carbonyl (C=O) groups excluding carboxylic acids is 2. The largest absolute Gasteiger partial charge is 0.343 e. The minimum absolute atomic E-state index is 0.0303. The number of hydrogen-bond donors (Lipinski definition) is 1. The molecule has 20 heavy (non-hydrogen) atoms. The zero-order valence-corrected chi connectivity index (χ0v) is 13.1. The van der Waals surface area contributed by atoms with Crippen molar-refractivity contribution in [2.75, 3.05) is 11.5 Å². The van der Waals surface area contributed by atoms with Gasteiger partial charge in [-0.2, -0.15) is 0 Å². The normalized spacial score (nSPS) is 35.0. The van der Waals surface area contributed by atoms with E-state index in [1.54, 1.807) is 4.90 Å². The van der Waals surface area contributed by atoms with Crippen LogP contribution in [0.3, 0.4) is 0 Å². The van der Waals surface area contributed by atoms with Crippen LogP contribution < -0.4 is 5.32 Å². The van der Waals surface area contributed by atoms with Gasteiger partial charge in [0, 0.05) is 28.3 Å². The first-order chi connectivity index (χ1) is 9.58. The van der Waals surface area contributed by atoms with Gasteiger partial charge in [-0.3, -0.25) is 13.8 Å². The third kappa shape index (κ3) is 3.05. The third-order valence-electron chi connectivity index (χ3n) is 4.22. The summed E-state index contributed by atoms with van der Waals surface area (Å²) in [5.41, 5.74) is 0. The zero-order valence-electron chi connectivity index (χ0n) is 12.3. The van der Waals surface area contributed by atoms with E-state index in [2.05, 4.69) is 5.32 Å². The molecule has 2 atom stereocenters. The molecule has 1 N–H and O–H groups in total. The lowest BCUT2D eigenvalue weighted by atomic mass is 9.97. The van der Waals surface area contributed by atoms with Gasteiger partial charge in [-0.15, -0.1) is 0 Å². The van der Waals surface area contributed by atoms with Crippen molar-refractivity contribution in [2.24, 2.45) is 0 Å². The summed E-state index contributed by atoms with van der Waals surface area (Å²) in [6, 6.07) is -0.648. The van der Waals surface area contributed by atoms with E-state index in [0.717, 1.165) is 19.3 Å². The quantitative estimate of drug-likeness (QED) is 0.835. The molecule has 2 fully saturated rings. The van der Waals surface area contributed by atoms with E-state index < -0.39 is 10.8 Å². The molecule has 0 spiro atoms. The van der Waals surface area contributed by atoms with Crippen LogP contribution in [0.1, 0.15) is 46.0 Å². The fraction of sp³-hybridized carbons (Fsp3) is 0.857. The van der Waals surface area contributed by atoms with E-state index in [-0.39, 0.29) is 29.9 Å². The summed E-state index contributed by atoms with van der Waals surface area (Å²) in [6.45, 7) is 3.95. The standard InChI is InChI=1S/C14H24N2O3S/c1-3-5-11-14(18)16(12(4-2)13(17)15-11)10-6-8-20(19)9-7-10/h10-12H,3-9H2,1-2H3,(H,15,17). The Balaban J connectivity index is 2.17. The van der Waals surface area contributed by atoms with Crippen LogP contribution in [0.5, 0.6) is 0 Å². The Hall–Kier alpha value is -0.910. The fourth-order valence-corrected chi connectivity index (χ4v) is 4.42. The van der Waals surface area contributed by atoms with Gasteiger partial charge in [-0.1, -0.05) is 20.3 Å². The predicted octanol–water partition coefficient (Wildman–Crippen LogP) is 0.803. The van der Waals surface area contributed by atoms with Crippen molar-refractivity contribution in [3.63, 3.8) is 0 Å². The van der Waals surface area contributed by atoms with Gasteiger partial charge in [-0.05, 0) is 25.7 Å². The Labute approximate surface area is 122 Å². The van der Waals surface area contributed by atoms with E-state index >= 15 is 0 Å². The number of rotatable bonds is 4. The maximum atomic E-state index is 12.6. The third-order valence-corrected chi connectivity index (χ3v) is 5.60. The highest BCUT2D eigenvalue weighted by atomic mass is 32.2. The maximum Gasteiger partial charge on any atom is 0.246 e. The molecule has 2 aliphatic heterocycles. The Morgan fingerprint density at radius 2 is 1.90 bits per heavy atom. The van der Waals surface area contributed by atoms with Crippen molar-refractivity contribution < 1.29 is 13.8 Å². The smallest absolute Gasteiger partial charge is 0.246 e. The molecule has 2 heterocycles. The van der Waals surface area contributed by atoms with Crippen LogP contribution in [0.15, 0.2) is 0 Å². The summed E-state index contributed by atoms with van der Waals surface area (Å²) in [5.74, 6) is 1.31. The number of amides is 2. The molecule has 0 radical (unpaired) electrons. The Morgan fingerprint density at radius 3 is 2.45 bits per heavy atom. The Bertz CT molecular complexity index is 403. The number of carbonyl (C=O) groups is 2. The van der Waals surface area contributed by atoms with Crippen molar-refractivity contribution in [1.29, 1.82) is 0 Å². The SMILES string of the molecule is CCCC1NC(=O)C(CC)N(C2CCS(=O)CC2)C1=O. The second-order valence-corrected chi connectivity index (χ2v) is 7.29. The van der Waals surface area contributed by atoms with Crippen molar-refractivity contribution in [1.82, 2.24) is 10.2 Å². The first-order valence-electron chi connectivity index (χ1n) is 7.56. The second kappa shape index (κ2) is 6.70. The molecule has 0 aromatic rings. The molecule has 0 aromatic carbocycles. The molecule has 2 saturated heterocycles. The van der Waals surface area contributed by atoms with Gasteiger partial charge in [0.2, 0.25) is 11.8 Å². The number of piperazine rings is 1. The summed E-state index contributed by atoms with van der Waals surface area (Å²) in [4.78, 5) is 26.7. The lowest BCUT2D eigenvalue weighted by Crippen LogP contribution is -2.66. The number of hydrogen-bond acceptors (Lipinski definition) is 3. The van der Waals surface area contributed by atoms with Crippen LogP contribution in [0.2, 0.25) is 0 Å². The van der Waals surface area contributed by atoms with Gasteiger partial charge in [0.1, 0.15) is 12.1 Å². The molecule has 5 nitrogen and oxygen atoms in total. The van der Waals surface area contributed by atoms with Crippen LogP contribution in [0, 0.1) is 0 Å². The van der Waals surface area contributed by atoms with Crippen molar-refractivity contribution in [3.05, 3.63) is 0 Å². The molecule has 2 amide bonds. The lowest BCUT2D eigenvalue weighted by molar-refractivity contribution is -0.152. The minimum atomic E-state index is -0.749. The molecule has 2 unspecified atom stereocenters. The molecule has 114 valence electrons.